The molecular weight excluding hydrogens is 677 g/mol. The van der Waals surface area contributed by atoms with Gasteiger partial charge >= 0.3 is 0 Å². The van der Waals surface area contributed by atoms with Gasteiger partial charge in [0.2, 0.25) is 0 Å². The number of allylic oxidation sites excluding steroid dienone is 2. The van der Waals surface area contributed by atoms with Crippen molar-refractivity contribution in [1.82, 2.24) is 9.97 Å². The molecule has 1 atom stereocenters. The standard InChI is InChI=1S/C49H46N4O2/c1-27-11-9-10-12-32(27)42-40-19-17-37(50-40)33-23-30(47(2,3)4)24-34(45(33)54)39-16-15-28-13-14-29-21-22-49(8,53-44(29)43(28)52-39)36-26-31(48(5,6)7)25-35(46(36)55)38-18-20-41(42)51-38/h9-21,23-26,50,54-55H,22H2,1-8H3/b42-41-. The Bertz CT molecular complexity index is 2860. The van der Waals surface area contributed by atoms with Crippen LogP contribution in [0.1, 0.15) is 94.0 Å². The fourth-order valence-electron chi connectivity index (χ4n) is 8.16. The number of hydrogen-bond acceptors (Lipinski definition) is 5. The lowest BCUT2D eigenvalue weighted by Gasteiger charge is -2.31. The summed E-state index contributed by atoms with van der Waals surface area (Å²) in [6.45, 7) is 17.4. The van der Waals surface area contributed by atoms with E-state index in [-0.39, 0.29) is 22.3 Å². The van der Waals surface area contributed by atoms with Crippen molar-refractivity contribution in [1.29, 1.82) is 0 Å². The number of rotatable bonds is 1. The van der Waals surface area contributed by atoms with Gasteiger partial charge in [0, 0.05) is 44.6 Å². The lowest BCUT2D eigenvalue weighted by molar-refractivity contribution is 0.422. The van der Waals surface area contributed by atoms with E-state index in [4.69, 9.17) is 15.0 Å². The fourth-order valence-corrected chi connectivity index (χ4v) is 8.16. The van der Waals surface area contributed by atoms with Crippen molar-refractivity contribution in [2.45, 2.75) is 78.2 Å². The van der Waals surface area contributed by atoms with Gasteiger partial charge in [-0.05, 0) is 113 Å². The van der Waals surface area contributed by atoms with Gasteiger partial charge in [0.05, 0.1) is 33.5 Å². The summed E-state index contributed by atoms with van der Waals surface area (Å²) in [5, 5.41) is 27.3. The smallest absolute Gasteiger partial charge is 0.134 e. The first-order chi connectivity index (χ1) is 26.1. The summed E-state index contributed by atoms with van der Waals surface area (Å²) >= 11 is 0. The van der Waals surface area contributed by atoms with Crippen molar-refractivity contribution in [2.24, 2.45) is 9.98 Å². The number of aryl methyl sites for hydroxylation is 1. The molecule has 3 N–H and O–H groups in total. The SMILES string of the molecule is Cc1ccccc1/C1=C2\C=CC(=N2)c2cc(C(C)(C)C)cc(c2O)C2(C)CC=c3ccc4ccc(nc4c3=N2)-c2cc(C(C)(C)C)cc(c2O)-c2ccc1[nH]2. The summed E-state index contributed by atoms with van der Waals surface area (Å²) in [5.41, 5.74) is 11.4. The van der Waals surface area contributed by atoms with Gasteiger partial charge in [0.15, 0.2) is 0 Å². The molecule has 0 saturated heterocycles. The summed E-state index contributed by atoms with van der Waals surface area (Å²) < 4.78 is 0. The van der Waals surface area contributed by atoms with Crippen molar-refractivity contribution in [3.63, 3.8) is 0 Å². The first kappa shape index (κ1) is 34.7. The maximum absolute atomic E-state index is 12.4. The van der Waals surface area contributed by atoms with E-state index >= 15 is 0 Å². The molecule has 3 aliphatic rings. The normalized spacial score (nSPS) is 18.8. The molecule has 0 saturated carbocycles. The Balaban J connectivity index is 1.43. The summed E-state index contributed by atoms with van der Waals surface area (Å²) in [5.74, 6) is 0.342. The van der Waals surface area contributed by atoms with Crippen LogP contribution in [0.4, 0.5) is 0 Å². The number of phenolic OH excluding ortho intramolecular Hbond substituents is 2. The monoisotopic (exact) mass is 722 g/mol. The molecule has 0 amide bonds. The third kappa shape index (κ3) is 5.65. The van der Waals surface area contributed by atoms with E-state index in [1.54, 1.807) is 0 Å². The number of aliphatic imine (C=N–C) groups is 1. The molecule has 0 radical (unpaired) electrons. The van der Waals surface area contributed by atoms with Gasteiger partial charge in [-0.15, -0.1) is 0 Å². The highest BCUT2D eigenvalue weighted by molar-refractivity contribution is 6.14. The number of nitrogens with one attached hydrogen (secondary N) is 1. The lowest BCUT2D eigenvalue weighted by Crippen LogP contribution is -2.37. The van der Waals surface area contributed by atoms with Crippen molar-refractivity contribution in [3.8, 4) is 34.0 Å². The number of aromatic amines is 1. The van der Waals surface area contributed by atoms with E-state index in [2.05, 4.69) is 127 Å². The van der Waals surface area contributed by atoms with Crippen LogP contribution in [0.2, 0.25) is 0 Å². The molecule has 9 rings (SSSR count). The Hall–Kier alpha value is -6.01. The fraction of sp³-hybridized carbons (Fsp3) is 0.245. The highest BCUT2D eigenvalue weighted by Gasteiger charge is 2.34. The van der Waals surface area contributed by atoms with Gasteiger partial charge in [-0.3, -0.25) is 4.99 Å². The maximum atomic E-state index is 12.4. The third-order valence-electron chi connectivity index (χ3n) is 11.6. The minimum Gasteiger partial charge on any atom is -0.507 e. The van der Waals surface area contributed by atoms with Crippen LogP contribution in [0, 0.1) is 6.92 Å². The Kier molecular flexibility index (Phi) is 7.58. The number of nitrogens with zero attached hydrogens (tertiary/aromatic N) is 3. The molecule has 6 nitrogen and oxygen atoms in total. The number of fused-ring (bicyclic) bond motifs is 13. The number of aromatic nitrogens is 2. The van der Waals surface area contributed by atoms with Crippen LogP contribution in [0.15, 0.2) is 113 Å². The summed E-state index contributed by atoms with van der Waals surface area (Å²) in [6.07, 6.45) is 6.86. The predicted molar refractivity (Wildman–Crippen MR) is 224 cm³/mol. The number of hydrogen-bond donors (Lipinski definition) is 3. The number of phenols is 2. The van der Waals surface area contributed by atoms with Gasteiger partial charge in [0.1, 0.15) is 11.5 Å². The number of H-pyrrole nitrogens is 1. The molecule has 4 aromatic carbocycles. The van der Waals surface area contributed by atoms with E-state index < -0.39 is 5.54 Å². The average molecular weight is 723 g/mol. The molecule has 1 unspecified atom stereocenters. The second-order valence-corrected chi connectivity index (χ2v) is 17.6. The molecule has 12 bridgehead atoms. The molecule has 0 aliphatic carbocycles. The molecule has 0 fully saturated rings. The summed E-state index contributed by atoms with van der Waals surface area (Å²) in [6, 6.07) is 29.0. The van der Waals surface area contributed by atoms with E-state index in [0.717, 1.165) is 72.0 Å². The van der Waals surface area contributed by atoms with Crippen molar-refractivity contribution in [3.05, 3.63) is 152 Å². The van der Waals surface area contributed by atoms with Gasteiger partial charge in [0.25, 0.3) is 0 Å². The van der Waals surface area contributed by atoms with E-state index in [1.807, 2.05) is 36.4 Å². The topological polar surface area (TPSA) is 93.9 Å². The highest BCUT2D eigenvalue weighted by atomic mass is 16.3. The van der Waals surface area contributed by atoms with Crippen LogP contribution < -0.4 is 10.6 Å². The molecule has 6 heteroatoms. The molecule has 3 aliphatic heterocycles. The molecule has 5 heterocycles. The van der Waals surface area contributed by atoms with E-state index in [9.17, 15) is 10.2 Å². The third-order valence-corrected chi connectivity index (χ3v) is 11.6. The lowest BCUT2D eigenvalue weighted by atomic mass is 9.79. The van der Waals surface area contributed by atoms with Crippen LogP contribution in [-0.2, 0) is 16.4 Å². The Labute approximate surface area is 322 Å². The highest BCUT2D eigenvalue weighted by Crippen LogP contribution is 2.45. The van der Waals surface area contributed by atoms with E-state index in [0.29, 0.717) is 34.5 Å². The Morgan fingerprint density at radius 3 is 2.16 bits per heavy atom. The van der Waals surface area contributed by atoms with Crippen molar-refractivity contribution < 1.29 is 10.2 Å². The van der Waals surface area contributed by atoms with Gasteiger partial charge in [-0.2, -0.15) is 0 Å². The Morgan fingerprint density at radius 2 is 1.40 bits per heavy atom. The zero-order valence-electron chi connectivity index (χ0n) is 32.8. The van der Waals surface area contributed by atoms with Crippen LogP contribution in [0.5, 0.6) is 11.5 Å². The largest absolute Gasteiger partial charge is 0.507 e. The second-order valence-electron chi connectivity index (χ2n) is 17.6. The predicted octanol–water partition coefficient (Wildman–Crippen LogP) is 10.1. The number of benzene rings is 4. The van der Waals surface area contributed by atoms with Crippen molar-refractivity contribution >= 4 is 28.3 Å². The quantitative estimate of drug-likeness (QED) is 0.158. The second kappa shape index (κ2) is 12.0. The van der Waals surface area contributed by atoms with Gasteiger partial charge in [-0.25, -0.2) is 9.98 Å². The van der Waals surface area contributed by atoms with Crippen LogP contribution in [0.3, 0.4) is 0 Å². The molecule has 55 heavy (non-hydrogen) atoms. The minimum absolute atomic E-state index is 0.158. The molecular formula is C49H46N4O2. The molecule has 6 aromatic rings. The van der Waals surface area contributed by atoms with Gasteiger partial charge < -0.3 is 15.2 Å². The summed E-state index contributed by atoms with van der Waals surface area (Å²) in [7, 11) is 0. The van der Waals surface area contributed by atoms with Crippen LogP contribution >= 0.6 is 0 Å². The van der Waals surface area contributed by atoms with Crippen LogP contribution in [0.25, 0.3) is 45.1 Å². The molecule has 274 valence electrons. The first-order valence-corrected chi connectivity index (χ1v) is 19.1. The van der Waals surface area contributed by atoms with Gasteiger partial charge in [-0.1, -0.05) is 90.1 Å². The first-order valence-electron chi connectivity index (χ1n) is 19.1. The number of pyridine rings is 1. The zero-order valence-corrected chi connectivity index (χ0v) is 32.8. The van der Waals surface area contributed by atoms with Crippen LogP contribution in [-0.4, -0.2) is 25.9 Å². The van der Waals surface area contributed by atoms with E-state index in [1.165, 1.54) is 0 Å². The summed E-state index contributed by atoms with van der Waals surface area (Å²) in [4.78, 5) is 19.8. The Morgan fingerprint density at radius 1 is 0.709 bits per heavy atom. The van der Waals surface area contributed by atoms with Crippen molar-refractivity contribution in [2.75, 3.05) is 0 Å². The maximum Gasteiger partial charge on any atom is 0.134 e. The average Bonchev–Trinajstić information content (AvgIpc) is 3.82. The molecule has 0 spiro atoms. The minimum atomic E-state index is -0.794. The number of aromatic hydroxyl groups is 2. The molecule has 2 aromatic heterocycles. The zero-order chi connectivity index (χ0) is 38.6.